The van der Waals surface area contributed by atoms with Gasteiger partial charge in [0.25, 0.3) is 5.91 Å². The van der Waals surface area contributed by atoms with Crippen LogP contribution in [0.3, 0.4) is 0 Å². The van der Waals surface area contributed by atoms with Crippen molar-refractivity contribution in [2.75, 3.05) is 19.5 Å². The summed E-state index contributed by atoms with van der Waals surface area (Å²) in [6.45, 7) is 0. The summed E-state index contributed by atoms with van der Waals surface area (Å²) >= 11 is 5.91. The van der Waals surface area contributed by atoms with Crippen LogP contribution < -0.4 is 10.1 Å². The number of amides is 1. The molecule has 1 amide bonds. The normalized spacial score (nSPS) is 10.0. The molecule has 0 bridgehead atoms. The van der Waals surface area contributed by atoms with Gasteiger partial charge in [-0.1, -0.05) is 11.6 Å². The fourth-order valence-corrected chi connectivity index (χ4v) is 2.24. The summed E-state index contributed by atoms with van der Waals surface area (Å²) in [5, 5.41) is 13.7. The molecule has 1 N–H and O–H groups in total. The van der Waals surface area contributed by atoms with Gasteiger partial charge in [0.15, 0.2) is 5.75 Å². The van der Waals surface area contributed by atoms with E-state index in [0.717, 1.165) is 6.07 Å². The highest BCUT2D eigenvalue weighted by atomic mass is 35.5. The lowest BCUT2D eigenvalue weighted by Gasteiger charge is -2.09. The van der Waals surface area contributed by atoms with E-state index in [1.807, 2.05) is 0 Å². The maximum absolute atomic E-state index is 12.3. The lowest BCUT2D eigenvalue weighted by atomic mass is 10.1. The number of benzene rings is 2. The first-order valence-corrected chi connectivity index (χ1v) is 7.26. The van der Waals surface area contributed by atoms with Crippen molar-refractivity contribution in [3.8, 4) is 5.75 Å². The van der Waals surface area contributed by atoms with E-state index in [1.54, 1.807) is 0 Å². The van der Waals surface area contributed by atoms with Crippen LogP contribution in [-0.4, -0.2) is 31.0 Å². The molecular formula is C16H13ClN2O6. The fourth-order valence-electron chi connectivity index (χ4n) is 2.05. The second-order valence-electron chi connectivity index (χ2n) is 4.78. The van der Waals surface area contributed by atoms with Gasteiger partial charge in [0.1, 0.15) is 0 Å². The molecule has 0 atom stereocenters. The van der Waals surface area contributed by atoms with Gasteiger partial charge in [-0.25, -0.2) is 4.79 Å². The molecule has 0 saturated carbocycles. The molecule has 0 aromatic heterocycles. The Kier molecular flexibility index (Phi) is 5.56. The molecule has 0 heterocycles. The van der Waals surface area contributed by atoms with Gasteiger partial charge in [-0.15, -0.1) is 0 Å². The number of anilines is 1. The summed E-state index contributed by atoms with van der Waals surface area (Å²) in [5.74, 6) is -1.20. The maximum atomic E-state index is 12.3. The van der Waals surface area contributed by atoms with Crippen LogP contribution in [0.5, 0.6) is 5.75 Å². The predicted octanol–water partition coefficient (Wildman–Crippen LogP) is 3.30. The zero-order valence-electron chi connectivity index (χ0n) is 13.2. The number of nitro groups is 1. The van der Waals surface area contributed by atoms with Crippen molar-refractivity contribution in [3.05, 3.63) is 62.7 Å². The molecule has 0 unspecified atom stereocenters. The predicted molar refractivity (Wildman–Crippen MR) is 90.4 cm³/mol. The van der Waals surface area contributed by atoms with Crippen LogP contribution in [0.15, 0.2) is 36.4 Å². The summed E-state index contributed by atoms with van der Waals surface area (Å²) in [4.78, 5) is 34.3. The van der Waals surface area contributed by atoms with Gasteiger partial charge < -0.3 is 14.8 Å². The summed E-state index contributed by atoms with van der Waals surface area (Å²) in [5.41, 5.74) is 0.0968. The summed E-state index contributed by atoms with van der Waals surface area (Å²) in [6.07, 6.45) is 0. The lowest BCUT2D eigenvalue weighted by molar-refractivity contribution is -0.385. The van der Waals surface area contributed by atoms with E-state index in [9.17, 15) is 19.7 Å². The zero-order chi connectivity index (χ0) is 18.6. The highest BCUT2D eigenvalue weighted by Gasteiger charge is 2.19. The van der Waals surface area contributed by atoms with Crippen LogP contribution in [0.4, 0.5) is 11.4 Å². The van der Waals surface area contributed by atoms with Crippen LogP contribution in [-0.2, 0) is 4.74 Å². The van der Waals surface area contributed by atoms with Gasteiger partial charge >= 0.3 is 11.7 Å². The Bertz CT molecular complexity index is 853. The molecule has 0 aliphatic heterocycles. The minimum Gasteiger partial charge on any atom is -0.490 e. The number of esters is 1. The lowest BCUT2D eigenvalue weighted by Crippen LogP contribution is -2.13. The Morgan fingerprint density at radius 3 is 2.48 bits per heavy atom. The molecule has 0 aliphatic carbocycles. The maximum Gasteiger partial charge on any atom is 0.339 e. The molecule has 130 valence electrons. The molecule has 0 fully saturated rings. The summed E-state index contributed by atoms with van der Waals surface area (Å²) < 4.78 is 9.49. The smallest absolute Gasteiger partial charge is 0.339 e. The van der Waals surface area contributed by atoms with E-state index in [-0.39, 0.29) is 33.3 Å². The molecule has 2 aromatic carbocycles. The van der Waals surface area contributed by atoms with E-state index in [4.69, 9.17) is 16.3 Å². The molecule has 0 saturated heterocycles. The van der Waals surface area contributed by atoms with Crippen LogP contribution in [0.1, 0.15) is 20.7 Å². The Labute approximate surface area is 147 Å². The van der Waals surface area contributed by atoms with Crippen molar-refractivity contribution >= 4 is 34.9 Å². The fraction of sp³-hybridized carbons (Fsp3) is 0.125. The number of carbonyl (C=O) groups is 2. The van der Waals surface area contributed by atoms with Gasteiger partial charge in [-0.3, -0.25) is 14.9 Å². The molecule has 9 heteroatoms. The molecule has 2 rings (SSSR count). The number of hydrogen-bond donors (Lipinski definition) is 1. The van der Waals surface area contributed by atoms with Gasteiger partial charge in [0, 0.05) is 17.3 Å². The van der Waals surface area contributed by atoms with Gasteiger partial charge in [0.2, 0.25) is 0 Å². The first-order valence-electron chi connectivity index (χ1n) is 6.89. The summed E-state index contributed by atoms with van der Waals surface area (Å²) in [7, 11) is 2.50. The van der Waals surface area contributed by atoms with Crippen LogP contribution in [0.25, 0.3) is 0 Å². The number of nitrogens with one attached hydrogen (secondary N) is 1. The van der Waals surface area contributed by atoms with Gasteiger partial charge in [0.05, 0.1) is 29.7 Å². The monoisotopic (exact) mass is 364 g/mol. The highest BCUT2D eigenvalue weighted by molar-refractivity contribution is 6.33. The van der Waals surface area contributed by atoms with Crippen LogP contribution >= 0.6 is 11.6 Å². The number of rotatable bonds is 5. The van der Waals surface area contributed by atoms with E-state index < -0.39 is 16.8 Å². The van der Waals surface area contributed by atoms with Gasteiger partial charge in [-0.05, 0) is 30.3 Å². The number of halogens is 1. The van der Waals surface area contributed by atoms with Crippen LogP contribution in [0, 0.1) is 10.1 Å². The molecule has 0 aliphatic rings. The average Bonchev–Trinajstić information content (AvgIpc) is 2.61. The Morgan fingerprint density at radius 2 is 1.88 bits per heavy atom. The average molecular weight is 365 g/mol. The SMILES string of the molecule is COC(=O)c1cc(NC(=O)c2ccc(OC)c([N+](=O)[O-])c2)ccc1Cl. The van der Waals surface area contributed by atoms with Crippen molar-refractivity contribution in [3.63, 3.8) is 0 Å². The quantitative estimate of drug-likeness (QED) is 0.495. The molecule has 8 nitrogen and oxygen atoms in total. The third kappa shape index (κ3) is 4.04. The number of hydrogen-bond acceptors (Lipinski definition) is 6. The minimum atomic E-state index is -0.652. The van der Waals surface area contributed by atoms with E-state index >= 15 is 0 Å². The number of carbonyl (C=O) groups excluding carboxylic acids is 2. The molecule has 25 heavy (non-hydrogen) atoms. The topological polar surface area (TPSA) is 108 Å². The highest BCUT2D eigenvalue weighted by Crippen LogP contribution is 2.28. The largest absolute Gasteiger partial charge is 0.490 e. The Morgan fingerprint density at radius 1 is 1.16 bits per heavy atom. The van der Waals surface area contributed by atoms with Crippen molar-refractivity contribution < 1.29 is 24.0 Å². The number of nitrogens with zero attached hydrogens (tertiary/aromatic N) is 1. The van der Waals surface area contributed by atoms with Crippen LogP contribution in [0.2, 0.25) is 5.02 Å². The second-order valence-corrected chi connectivity index (χ2v) is 5.19. The van der Waals surface area contributed by atoms with E-state index in [2.05, 4.69) is 10.1 Å². The third-order valence-corrected chi connectivity index (χ3v) is 3.60. The first kappa shape index (κ1) is 18.2. The number of nitro benzene ring substituents is 1. The standard InChI is InChI=1S/C16H13ClN2O6/c1-24-14-6-3-9(7-13(14)19(22)23)15(20)18-10-4-5-12(17)11(8-10)16(21)25-2/h3-8H,1-2H3,(H,18,20). The van der Waals surface area contributed by atoms with Crippen molar-refractivity contribution in [2.24, 2.45) is 0 Å². The van der Waals surface area contributed by atoms with Crippen molar-refractivity contribution in [2.45, 2.75) is 0 Å². The van der Waals surface area contributed by atoms with Gasteiger partial charge in [-0.2, -0.15) is 0 Å². The number of ether oxygens (including phenoxy) is 2. The van der Waals surface area contributed by atoms with Crippen molar-refractivity contribution in [1.29, 1.82) is 0 Å². The molecular weight excluding hydrogens is 352 g/mol. The van der Waals surface area contributed by atoms with E-state index in [0.29, 0.717) is 0 Å². The molecule has 0 radical (unpaired) electrons. The molecule has 2 aromatic rings. The number of methoxy groups -OCH3 is 2. The Balaban J connectivity index is 2.30. The zero-order valence-corrected chi connectivity index (χ0v) is 14.0. The molecule has 0 spiro atoms. The summed E-state index contributed by atoms with van der Waals surface area (Å²) in [6, 6.07) is 8.09. The van der Waals surface area contributed by atoms with E-state index in [1.165, 1.54) is 44.6 Å². The first-order chi connectivity index (χ1) is 11.9. The third-order valence-electron chi connectivity index (χ3n) is 3.27. The second kappa shape index (κ2) is 7.63. The Hall–Kier alpha value is -3.13. The minimum absolute atomic E-state index is 0.0426. The van der Waals surface area contributed by atoms with Crippen molar-refractivity contribution in [1.82, 2.24) is 0 Å².